The summed E-state index contributed by atoms with van der Waals surface area (Å²) in [6.07, 6.45) is 12.3. The minimum absolute atomic E-state index is 0.0161. The standard InChI is InChI=1S/C27H27N5.C22H20N6O/c1-18(19-8-6-5-7-9-19)31-26-23-13-20(10-11-25(23)29-17-30-26)21-12-22(15-28-14-21)24-16-32(4)27(24,2)3;1-14(15-6-4-3-5-7-15)27-21-17-10-16(8-9-18(17)25-13-26-21)19-11-24-12-20(28-19)22(29)23-2/h5-18H,1-4H3,(H,29,30,31);3-14H,1-2H3,(H,23,29)(H,25,26,27). The lowest BCUT2D eigenvalue weighted by atomic mass is 9.82. The Balaban J connectivity index is 0.000000169. The van der Waals surface area contributed by atoms with E-state index in [0.29, 0.717) is 5.69 Å². The van der Waals surface area contributed by atoms with Crippen molar-refractivity contribution in [3.8, 4) is 22.4 Å². The van der Waals surface area contributed by atoms with Crippen LogP contribution < -0.4 is 16.0 Å². The van der Waals surface area contributed by atoms with Gasteiger partial charge in [0.15, 0.2) is 0 Å². The first-order valence-electron chi connectivity index (χ1n) is 20.2. The number of fused-ring (bicyclic) bond motifs is 2. The third kappa shape index (κ3) is 8.60. The number of aromatic nitrogens is 7. The van der Waals surface area contributed by atoms with Crippen LogP contribution in [0.2, 0.25) is 0 Å². The number of pyridine rings is 1. The first-order chi connectivity index (χ1) is 29.6. The van der Waals surface area contributed by atoms with Gasteiger partial charge in [0.1, 0.15) is 30.0 Å². The molecule has 4 aromatic carbocycles. The second kappa shape index (κ2) is 17.3. The van der Waals surface area contributed by atoms with E-state index < -0.39 is 0 Å². The van der Waals surface area contributed by atoms with E-state index in [2.05, 4.69) is 157 Å². The number of rotatable bonds is 10. The molecule has 5 heterocycles. The lowest BCUT2D eigenvalue weighted by Crippen LogP contribution is -2.46. The molecule has 4 aromatic heterocycles. The molecule has 0 saturated heterocycles. The highest BCUT2D eigenvalue weighted by molar-refractivity contribution is 5.95. The van der Waals surface area contributed by atoms with E-state index in [1.54, 1.807) is 25.9 Å². The minimum atomic E-state index is -0.275. The summed E-state index contributed by atoms with van der Waals surface area (Å²) in [5, 5.41) is 11.5. The van der Waals surface area contributed by atoms with Crippen LogP contribution in [-0.4, -0.2) is 65.3 Å². The summed E-state index contributed by atoms with van der Waals surface area (Å²) >= 11 is 0. The number of carbonyl (C=O) groups is 1. The number of hydrogen-bond donors (Lipinski definition) is 3. The molecule has 304 valence electrons. The molecule has 0 saturated carbocycles. The highest BCUT2D eigenvalue weighted by Crippen LogP contribution is 2.41. The fraction of sp³-hybridized carbons (Fsp3) is 0.184. The van der Waals surface area contributed by atoms with Gasteiger partial charge >= 0.3 is 0 Å². The average Bonchev–Trinajstić information content (AvgIpc) is 3.31. The van der Waals surface area contributed by atoms with E-state index in [-0.39, 0.29) is 29.2 Å². The summed E-state index contributed by atoms with van der Waals surface area (Å²) in [4.78, 5) is 45.0. The van der Waals surface area contributed by atoms with Gasteiger partial charge in [-0.15, -0.1) is 0 Å². The first kappa shape index (κ1) is 40.2. The molecule has 1 aliphatic rings. The number of nitrogens with zero attached hydrogens (tertiary/aromatic N) is 8. The molecule has 8 aromatic rings. The zero-order valence-electron chi connectivity index (χ0n) is 35.0. The van der Waals surface area contributed by atoms with E-state index in [9.17, 15) is 4.79 Å². The molecule has 61 heavy (non-hydrogen) atoms. The SMILES string of the molecule is CC(Nc1ncnc2ccc(-c3cncc(C4=CN(C)C4(C)C)c3)cc12)c1ccccc1.CNC(=O)c1cncc(-c2ccc3ncnc(NC(C)c4ccccc4)c3c2)n1. The van der Waals surface area contributed by atoms with Crippen molar-refractivity contribution < 1.29 is 4.79 Å². The van der Waals surface area contributed by atoms with Gasteiger partial charge in [-0.05, 0) is 74.7 Å². The van der Waals surface area contributed by atoms with Crippen LogP contribution in [0.15, 0.2) is 147 Å². The molecule has 0 radical (unpaired) electrons. The van der Waals surface area contributed by atoms with Crippen molar-refractivity contribution in [1.82, 2.24) is 45.1 Å². The molecule has 0 spiro atoms. The molecule has 0 fully saturated rings. The first-order valence-corrected chi connectivity index (χ1v) is 20.2. The molecule has 0 bridgehead atoms. The Morgan fingerprint density at radius 3 is 1.72 bits per heavy atom. The number of anilines is 2. The number of carbonyl (C=O) groups excluding carboxylic acids is 1. The number of benzene rings is 4. The van der Waals surface area contributed by atoms with Gasteiger partial charge in [-0.2, -0.15) is 0 Å². The molecule has 1 aliphatic heterocycles. The average molecular weight is 806 g/mol. The monoisotopic (exact) mass is 805 g/mol. The Morgan fingerprint density at radius 2 is 1.16 bits per heavy atom. The largest absolute Gasteiger partial charge is 0.371 e. The third-order valence-corrected chi connectivity index (χ3v) is 11.2. The molecular formula is C49H47N11O. The smallest absolute Gasteiger partial charge is 0.271 e. The normalized spacial score (nSPS) is 13.9. The van der Waals surface area contributed by atoms with Crippen molar-refractivity contribution in [2.75, 3.05) is 24.7 Å². The van der Waals surface area contributed by atoms with Crippen LogP contribution in [0, 0.1) is 0 Å². The van der Waals surface area contributed by atoms with Crippen LogP contribution in [-0.2, 0) is 0 Å². The molecule has 3 N–H and O–H groups in total. The summed E-state index contributed by atoms with van der Waals surface area (Å²) in [5.41, 5.74) is 10.5. The van der Waals surface area contributed by atoms with Gasteiger partial charge in [-0.3, -0.25) is 14.8 Å². The highest BCUT2D eigenvalue weighted by Gasteiger charge is 2.36. The van der Waals surface area contributed by atoms with Gasteiger partial charge in [0.25, 0.3) is 5.91 Å². The van der Waals surface area contributed by atoms with E-state index in [0.717, 1.165) is 55.7 Å². The van der Waals surface area contributed by atoms with Crippen molar-refractivity contribution in [2.24, 2.45) is 0 Å². The second-order valence-corrected chi connectivity index (χ2v) is 15.5. The zero-order valence-corrected chi connectivity index (χ0v) is 35.0. The van der Waals surface area contributed by atoms with Crippen LogP contribution >= 0.6 is 0 Å². The highest BCUT2D eigenvalue weighted by atomic mass is 16.1. The van der Waals surface area contributed by atoms with Crippen molar-refractivity contribution in [2.45, 2.75) is 45.3 Å². The van der Waals surface area contributed by atoms with E-state index in [1.807, 2.05) is 54.9 Å². The van der Waals surface area contributed by atoms with Crippen molar-refractivity contribution in [3.63, 3.8) is 0 Å². The predicted octanol–water partition coefficient (Wildman–Crippen LogP) is 9.55. The van der Waals surface area contributed by atoms with Crippen LogP contribution in [0.4, 0.5) is 11.6 Å². The summed E-state index contributed by atoms with van der Waals surface area (Å²) in [6, 6.07) is 35.1. The molecule has 12 heteroatoms. The fourth-order valence-corrected chi connectivity index (χ4v) is 7.29. The predicted molar refractivity (Wildman–Crippen MR) is 244 cm³/mol. The quantitative estimate of drug-likeness (QED) is 0.121. The number of hydrogen-bond acceptors (Lipinski definition) is 11. The lowest BCUT2D eigenvalue weighted by molar-refractivity contribution is 0.0958. The van der Waals surface area contributed by atoms with E-state index in [4.69, 9.17) is 0 Å². The van der Waals surface area contributed by atoms with Crippen LogP contribution in [0.5, 0.6) is 0 Å². The molecule has 2 atom stereocenters. The maximum absolute atomic E-state index is 11.9. The summed E-state index contributed by atoms with van der Waals surface area (Å²) in [7, 11) is 3.67. The Morgan fingerprint density at radius 1 is 0.623 bits per heavy atom. The third-order valence-electron chi connectivity index (χ3n) is 11.2. The van der Waals surface area contributed by atoms with E-state index in [1.165, 1.54) is 22.9 Å². The fourth-order valence-electron chi connectivity index (χ4n) is 7.29. The lowest BCUT2D eigenvalue weighted by Gasteiger charge is -2.46. The summed E-state index contributed by atoms with van der Waals surface area (Å²) in [5.74, 6) is 1.30. The molecule has 1 amide bonds. The number of amides is 1. The van der Waals surface area contributed by atoms with Gasteiger partial charge in [0, 0.05) is 77.8 Å². The van der Waals surface area contributed by atoms with E-state index >= 15 is 0 Å². The van der Waals surface area contributed by atoms with Crippen LogP contribution in [0.1, 0.15) is 67.0 Å². The Labute approximate surface area is 355 Å². The van der Waals surface area contributed by atoms with Crippen molar-refractivity contribution >= 4 is 44.9 Å². The Hall–Kier alpha value is -7.60. The molecule has 2 unspecified atom stereocenters. The number of likely N-dealkylation sites (N-methyl/N-ethyl adjacent to an activating group) is 1. The topological polar surface area (TPSA) is 147 Å². The summed E-state index contributed by atoms with van der Waals surface area (Å²) < 4.78 is 0. The molecule has 0 aliphatic carbocycles. The molecule has 9 rings (SSSR count). The van der Waals surface area contributed by atoms with Crippen LogP contribution in [0.3, 0.4) is 0 Å². The van der Waals surface area contributed by atoms with Gasteiger partial charge in [-0.25, -0.2) is 24.9 Å². The molecular weight excluding hydrogens is 759 g/mol. The van der Waals surface area contributed by atoms with Gasteiger partial charge in [0.2, 0.25) is 0 Å². The van der Waals surface area contributed by atoms with Crippen molar-refractivity contribution in [1.29, 1.82) is 0 Å². The van der Waals surface area contributed by atoms with Gasteiger partial charge in [-0.1, -0.05) is 72.8 Å². The van der Waals surface area contributed by atoms with Gasteiger partial charge < -0.3 is 20.9 Å². The maximum atomic E-state index is 11.9. The van der Waals surface area contributed by atoms with Gasteiger partial charge in [0.05, 0.1) is 34.7 Å². The maximum Gasteiger partial charge on any atom is 0.271 e. The summed E-state index contributed by atoms with van der Waals surface area (Å²) in [6.45, 7) is 8.69. The van der Waals surface area contributed by atoms with Crippen LogP contribution in [0.25, 0.3) is 49.8 Å². The Kier molecular flexibility index (Phi) is 11.4. The Bertz CT molecular complexity index is 2870. The zero-order chi connectivity index (χ0) is 42.5. The number of nitrogens with one attached hydrogen (secondary N) is 3. The van der Waals surface area contributed by atoms with Crippen molar-refractivity contribution in [3.05, 3.63) is 169 Å². The minimum Gasteiger partial charge on any atom is -0.371 e. The molecule has 12 nitrogen and oxygen atoms in total. The second-order valence-electron chi connectivity index (χ2n) is 15.5.